The van der Waals surface area contributed by atoms with E-state index in [9.17, 15) is 9.90 Å². The van der Waals surface area contributed by atoms with Gasteiger partial charge in [0.25, 0.3) is 0 Å². The number of benzene rings is 1. The van der Waals surface area contributed by atoms with E-state index in [-0.39, 0.29) is 13.2 Å². The number of rotatable bonds is 4. The van der Waals surface area contributed by atoms with E-state index in [4.69, 9.17) is 14.9 Å². The van der Waals surface area contributed by atoms with E-state index < -0.39 is 6.09 Å². The lowest BCUT2D eigenvalue weighted by atomic mass is 10.0. The Morgan fingerprint density at radius 3 is 2.95 bits per heavy atom. The summed E-state index contributed by atoms with van der Waals surface area (Å²) < 4.78 is 10.3. The monoisotopic (exact) mass is 298 g/mol. The van der Waals surface area contributed by atoms with Gasteiger partial charge in [-0.15, -0.1) is 0 Å². The molecule has 3 N–H and O–H groups in total. The lowest BCUT2D eigenvalue weighted by molar-refractivity contribution is 0.149. The predicted octanol–water partition coefficient (Wildman–Crippen LogP) is 2.58. The van der Waals surface area contributed by atoms with Crippen LogP contribution in [0.15, 0.2) is 47.2 Å². The first kappa shape index (κ1) is 14.1. The van der Waals surface area contributed by atoms with Crippen LogP contribution in [0.25, 0.3) is 22.1 Å². The molecule has 112 valence electrons. The van der Waals surface area contributed by atoms with Crippen molar-refractivity contribution in [1.82, 2.24) is 4.98 Å². The largest absolute Gasteiger partial charge is 0.464 e. The van der Waals surface area contributed by atoms with Gasteiger partial charge in [0, 0.05) is 17.1 Å². The molecule has 2 heterocycles. The zero-order chi connectivity index (χ0) is 15.5. The van der Waals surface area contributed by atoms with Gasteiger partial charge in [0.1, 0.15) is 12.2 Å². The van der Waals surface area contributed by atoms with Gasteiger partial charge in [0.15, 0.2) is 0 Å². The Balaban J connectivity index is 2.05. The average molecular weight is 298 g/mol. The topological polar surface area (TPSA) is 98.6 Å². The third-order valence-corrected chi connectivity index (χ3v) is 3.28. The first-order chi connectivity index (χ1) is 10.7. The van der Waals surface area contributed by atoms with E-state index in [1.165, 1.54) is 0 Å². The van der Waals surface area contributed by atoms with Gasteiger partial charge < -0.3 is 20.0 Å². The van der Waals surface area contributed by atoms with Crippen molar-refractivity contribution < 1.29 is 19.1 Å². The normalized spacial score (nSPS) is 10.8. The Morgan fingerprint density at radius 1 is 1.32 bits per heavy atom. The molecule has 0 aliphatic heterocycles. The van der Waals surface area contributed by atoms with Gasteiger partial charge in [-0.05, 0) is 41.5 Å². The fourth-order valence-corrected chi connectivity index (χ4v) is 2.32. The molecule has 3 rings (SSSR count). The van der Waals surface area contributed by atoms with Gasteiger partial charge in [-0.3, -0.25) is 4.98 Å². The standard InChI is InChI=1S/C16H14N2O4/c17-16(20)22-9-13-7-11(1-3-18-13)14-6-10(8-19)5-12-2-4-21-15(12)14/h1-7,19H,8-9H2,(H2,17,20). The highest BCUT2D eigenvalue weighted by Crippen LogP contribution is 2.31. The molecule has 0 saturated heterocycles. The highest BCUT2D eigenvalue weighted by atomic mass is 16.5. The Labute approximate surface area is 126 Å². The minimum absolute atomic E-state index is 0.00413. The molecular formula is C16H14N2O4. The second kappa shape index (κ2) is 5.87. The molecule has 22 heavy (non-hydrogen) atoms. The number of carbonyl (C=O) groups is 1. The summed E-state index contributed by atoms with van der Waals surface area (Å²) in [6.45, 7) is -0.0546. The van der Waals surface area contributed by atoms with Gasteiger partial charge in [-0.2, -0.15) is 0 Å². The molecule has 0 unspecified atom stereocenters. The van der Waals surface area contributed by atoms with Crippen molar-refractivity contribution in [3.8, 4) is 11.1 Å². The summed E-state index contributed by atoms with van der Waals surface area (Å²) in [5.74, 6) is 0. The SMILES string of the molecule is NC(=O)OCc1cc(-c2cc(CO)cc3ccoc23)ccn1. The number of ether oxygens (including phenoxy) is 1. The summed E-state index contributed by atoms with van der Waals surface area (Å²) in [7, 11) is 0. The number of hydrogen-bond acceptors (Lipinski definition) is 5. The number of aliphatic hydroxyl groups excluding tert-OH is 1. The quantitative estimate of drug-likeness (QED) is 0.771. The van der Waals surface area contributed by atoms with Gasteiger partial charge >= 0.3 is 6.09 Å². The minimum Gasteiger partial charge on any atom is -0.464 e. The molecule has 0 atom stereocenters. The Kier molecular flexibility index (Phi) is 3.76. The summed E-state index contributed by atoms with van der Waals surface area (Å²) in [6.07, 6.45) is 2.38. The van der Waals surface area contributed by atoms with Crippen molar-refractivity contribution in [3.63, 3.8) is 0 Å². The van der Waals surface area contributed by atoms with Crippen molar-refractivity contribution in [3.05, 3.63) is 54.0 Å². The number of fused-ring (bicyclic) bond motifs is 1. The second-order valence-corrected chi connectivity index (χ2v) is 4.78. The maximum atomic E-state index is 10.7. The number of aliphatic hydroxyl groups is 1. The summed E-state index contributed by atoms with van der Waals surface area (Å²) >= 11 is 0. The smallest absolute Gasteiger partial charge is 0.404 e. The van der Waals surface area contributed by atoms with E-state index in [1.54, 1.807) is 18.5 Å². The van der Waals surface area contributed by atoms with E-state index in [0.29, 0.717) is 5.69 Å². The van der Waals surface area contributed by atoms with Crippen LogP contribution in [0.1, 0.15) is 11.3 Å². The highest BCUT2D eigenvalue weighted by molar-refractivity contribution is 5.93. The van der Waals surface area contributed by atoms with Crippen molar-refractivity contribution in [1.29, 1.82) is 0 Å². The molecular weight excluding hydrogens is 284 g/mol. The molecule has 0 saturated carbocycles. The number of hydrogen-bond donors (Lipinski definition) is 2. The maximum Gasteiger partial charge on any atom is 0.404 e. The van der Waals surface area contributed by atoms with Crippen LogP contribution in [0, 0.1) is 0 Å². The molecule has 6 nitrogen and oxygen atoms in total. The molecule has 0 spiro atoms. The van der Waals surface area contributed by atoms with E-state index >= 15 is 0 Å². The second-order valence-electron chi connectivity index (χ2n) is 4.78. The number of nitrogens with zero attached hydrogens (tertiary/aromatic N) is 1. The van der Waals surface area contributed by atoms with E-state index in [1.807, 2.05) is 24.3 Å². The first-order valence-electron chi connectivity index (χ1n) is 6.66. The van der Waals surface area contributed by atoms with Crippen molar-refractivity contribution in [2.75, 3.05) is 0 Å². The fourth-order valence-electron chi connectivity index (χ4n) is 2.32. The molecule has 0 radical (unpaired) electrons. The van der Waals surface area contributed by atoms with Gasteiger partial charge in [0.05, 0.1) is 18.6 Å². The summed E-state index contributed by atoms with van der Waals surface area (Å²) in [5.41, 5.74) is 8.74. The predicted molar refractivity (Wildman–Crippen MR) is 79.7 cm³/mol. The summed E-state index contributed by atoms with van der Waals surface area (Å²) in [5, 5.41) is 10.3. The van der Waals surface area contributed by atoms with Crippen LogP contribution < -0.4 is 5.73 Å². The third-order valence-electron chi connectivity index (χ3n) is 3.28. The number of primary amides is 1. The van der Waals surface area contributed by atoms with E-state index in [0.717, 1.165) is 27.7 Å². The molecule has 6 heteroatoms. The number of aromatic nitrogens is 1. The van der Waals surface area contributed by atoms with Crippen LogP contribution in [-0.2, 0) is 18.0 Å². The van der Waals surface area contributed by atoms with Crippen molar-refractivity contribution in [2.24, 2.45) is 5.73 Å². The summed E-state index contributed by atoms with van der Waals surface area (Å²) in [4.78, 5) is 14.8. The molecule has 2 aromatic heterocycles. The Morgan fingerprint density at radius 2 is 2.18 bits per heavy atom. The lowest BCUT2D eigenvalue weighted by Crippen LogP contribution is -2.13. The number of pyridine rings is 1. The van der Waals surface area contributed by atoms with Crippen LogP contribution >= 0.6 is 0 Å². The van der Waals surface area contributed by atoms with Crippen LogP contribution in [0.4, 0.5) is 4.79 Å². The molecule has 1 amide bonds. The van der Waals surface area contributed by atoms with Gasteiger partial charge in [0.2, 0.25) is 0 Å². The number of furan rings is 1. The van der Waals surface area contributed by atoms with Crippen molar-refractivity contribution in [2.45, 2.75) is 13.2 Å². The molecule has 0 bridgehead atoms. The van der Waals surface area contributed by atoms with Crippen molar-refractivity contribution >= 4 is 17.1 Å². The minimum atomic E-state index is -0.845. The Bertz CT molecular complexity index is 826. The molecule has 0 fully saturated rings. The van der Waals surface area contributed by atoms with Crippen LogP contribution in [0.5, 0.6) is 0 Å². The first-order valence-corrected chi connectivity index (χ1v) is 6.66. The average Bonchev–Trinajstić information content (AvgIpc) is 3.00. The van der Waals surface area contributed by atoms with Crippen LogP contribution in [0.2, 0.25) is 0 Å². The molecule has 0 aliphatic rings. The Hall–Kier alpha value is -2.86. The number of carbonyl (C=O) groups excluding carboxylic acids is 1. The zero-order valence-corrected chi connectivity index (χ0v) is 11.7. The molecule has 1 aromatic carbocycles. The lowest BCUT2D eigenvalue weighted by Gasteiger charge is -2.07. The van der Waals surface area contributed by atoms with Crippen LogP contribution in [0.3, 0.4) is 0 Å². The summed E-state index contributed by atoms with van der Waals surface area (Å²) in [6, 6.07) is 9.20. The maximum absolute atomic E-state index is 10.7. The van der Waals surface area contributed by atoms with Gasteiger partial charge in [-0.25, -0.2) is 4.79 Å². The number of amides is 1. The van der Waals surface area contributed by atoms with E-state index in [2.05, 4.69) is 4.98 Å². The highest BCUT2D eigenvalue weighted by Gasteiger charge is 2.10. The zero-order valence-electron chi connectivity index (χ0n) is 11.7. The molecule has 0 aliphatic carbocycles. The van der Waals surface area contributed by atoms with Gasteiger partial charge in [-0.1, -0.05) is 0 Å². The number of nitrogens with two attached hydrogens (primary N) is 1. The van der Waals surface area contributed by atoms with Crippen LogP contribution in [-0.4, -0.2) is 16.2 Å². The molecule has 3 aromatic rings. The fraction of sp³-hybridized carbons (Fsp3) is 0.125. The third kappa shape index (κ3) is 2.77.